The molecule has 0 radical (unpaired) electrons. The van der Waals surface area contributed by atoms with Crippen LogP contribution in [0.15, 0.2) is 54.7 Å². The predicted octanol–water partition coefficient (Wildman–Crippen LogP) is 3.66. The Balaban J connectivity index is 1.83. The van der Waals surface area contributed by atoms with Gasteiger partial charge in [0.05, 0.1) is 5.69 Å². The van der Waals surface area contributed by atoms with E-state index in [4.69, 9.17) is 0 Å². The molecule has 0 aliphatic heterocycles. The molecule has 0 spiro atoms. The van der Waals surface area contributed by atoms with Gasteiger partial charge in [0.15, 0.2) is 0 Å². The zero-order valence-corrected chi connectivity index (χ0v) is 12.7. The molecular formula is C19H22N2O. The van der Waals surface area contributed by atoms with Gasteiger partial charge in [-0.2, -0.15) is 0 Å². The van der Waals surface area contributed by atoms with Gasteiger partial charge in [0.2, 0.25) is 5.91 Å². The molecule has 1 unspecified atom stereocenters. The van der Waals surface area contributed by atoms with Crippen LogP contribution in [0.25, 0.3) is 0 Å². The molecule has 1 saturated carbocycles. The van der Waals surface area contributed by atoms with Gasteiger partial charge in [-0.1, -0.05) is 55.7 Å². The average molecular weight is 294 g/mol. The molecule has 1 fully saturated rings. The van der Waals surface area contributed by atoms with Crippen molar-refractivity contribution in [3.05, 3.63) is 66.0 Å². The normalized spacial score (nSPS) is 16.9. The smallest absolute Gasteiger partial charge is 0.233 e. The van der Waals surface area contributed by atoms with Crippen molar-refractivity contribution in [3.8, 4) is 0 Å². The van der Waals surface area contributed by atoms with Crippen LogP contribution in [0.1, 0.15) is 49.3 Å². The first-order chi connectivity index (χ1) is 10.8. The van der Waals surface area contributed by atoms with Crippen molar-refractivity contribution in [3.63, 3.8) is 0 Å². The Morgan fingerprint density at radius 2 is 1.73 bits per heavy atom. The molecule has 1 aromatic carbocycles. The third-order valence-corrected chi connectivity index (χ3v) is 4.33. The van der Waals surface area contributed by atoms with Gasteiger partial charge in [0.25, 0.3) is 0 Å². The first-order valence-electron chi connectivity index (χ1n) is 8.11. The van der Waals surface area contributed by atoms with Crippen LogP contribution in [-0.4, -0.2) is 16.9 Å². The van der Waals surface area contributed by atoms with Gasteiger partial charge in [0.1, 0.15) is 5.92 Å². The number of benzene rings is 1. The Kier molecular flexibility index (Phi) is 4.84. The zero-order valence-electron chi connectivity index (χ0n) is 12.7. The SMILES string of the molecule is O=C(NC1CCCCC1)C(c1ccccc1)c1ccccn1. The summed E-state index contributed by atoms with van der Waals surface area (Å²) < 4.78 is 0. The molecule has 2 aromatic rings. The number of carbonyl (C=O) groups is 1. The first-order valence-corrected chi connectivity index (χ1v) is 8.11. The van der Waals surface area contributed by atoms with Crippen LogP contribution in [0.2, 0.25) is 0 Å². The molecule has 3 nitrogen and oxygen atoms in total. The summed E-state index contributed by atoms with van der Waals surface area (Å²) >= 11 is 0. The topological polar surface area (TPSA) is 42.0 Å². The van der Waals surface area contributed by atoms with Crippen LogP contribution in [0.5, 0.6) is 0 Å². The highest BCUT2D eigenvalue weighted by Gasteiger charge is 2.26. The van der Waals surface area contributed by atoms with E-state index in [2.05, 4.69) is 10.3 Å². The molecule has 114 valence electrons. The van der Waals surface area contributed by atoms with E-state index in [1.54, 1.807) is 6.20 Å². The highest BCUT2D eigenvalue weighted by Crippen LogP contribution is 2.25. The maximum Gasteiger partial charge on any atom is 0.233 e. The van der Waals surface area contributed by atoms with Crippen molar-refractivity contribution in [2.75, 3.05) is 0 Å². The average Bonchev–Trinajstić information content (AvgIpc) is 2.58. The van der Waals surface area contributed by atoms with Crippen molar-refractivity contribution in [1.82, 2.24) is 10.3 Å². The van der Waals surface area contributed by atoms with Crippen molar-refractivity contribution < 1.29 is 4.79 Å². The molecule has 1 aliphatic rings. The first kappa shape index (κ1) is 14.8. The molecule has 3 rings (SSSR count). The Bertz CT molecular complexity index is 552. The van der Waals surface area contributed by atoms with Gasteiger partial charge in [-0.05, 0) is 30.5 Å². The summed E-state index contributed by atoms with van der Waals surface area (Å²) in [7, 11) is 0. The number of hydrogen-bond donors (Lipinski definition) is 1. The van der Waals surface area contributed by atoms with Crippen LogP contribution in [0.4, 0.5) is 0 Å². The predicted molar refractivity (Wildman–Crippen MR) is 87.5 cm³/mol. The second kappa shape index (κ2) is 7.21. The van der Waals surface area contributed by atoms with E-state index < -0.39 is 0 Å². The number of nitrogens with zero attached hydrogens (tertiary/aromatic N) is 1. The number of rotatable bonds is 4. The number of aromatic nitrogens is 1. The molecule has 22 heavy (non-hydrogen) atoms. The second-order valence-electron chi connectivity index (χ2n) is 5.94. The third-order valence-electron chi connectivity index (χ3n) is 4.33. The maximum absolute atomic E-state index is 12.9. The second-order valence-corrected chi connectivity index (χ2v) is 5.94. The van der Waals surface area contributed by atoms with E-state index in [0.29, 0.717) is 6.04 Å². The molecule has 3 heteroatoms. The molecule has 1 heterocycles. The fourth-order valence-corrected chi connectivity index (χ4v) is 3.18. The van der Waals surface area contributed by atoms with E-state index in [0.717, 1.165) is 24.1 Å². The lowest BCUT2D eigenvalue weighted by molar-refractivity contribution is -0.122. The minimum atomic E-state index is -0.329. The van der Waals surface area contributed by atoms with E-state index in [1.165, 1.54) is 19.3 Å². The lowest BCUT2D eigenvalue weighted by atomic mass is 9.91. The van der Waals surface area contributed by atoms with E-state index in [1.807, 2.05) is 48.5 Å². The number of carbonyl (C=O) groups excluding carboxylic acids is 1. The van der Waals surface area contributed by atoms with Gasteiger partial charge in [0, 0.05) is 12.2 Å². The van der Waals surface area contributed by atoms with Gasteiger partial charge in [-0.3, -0.25) is 9.78 Å². The summed E-state index contributed by atoms with van der Waals surface area (Å²) in [6.07, 6.45) is 7.65. The highest BCUT2D eigenvalue weighted by molar-refractivity contribution is 5.86. The van der Waals surface area contributed by atoms with Crippen LogP contribution in [0, 0.1) is 0 Å². The molecule has 1 aliphatic carbocycles. The van der Waals surface area contributed by atoms with Gasteiger partial charge < -0.3 is 5.32 Å². The molecule has 0 bridgehead atoms. The van der Waals surface area contributed by atoms with E-state index >= 15 is 0 Å². The molecule has 0 saturated heterocycles. The maximum atomic E-state index is 12.9. The Morgan fingerprint density at radius 1 is 1.00 bits per heavy atom. The number of hydrogen-bond acceptors (Lipinski definition) is 2. The monoisotopic (exact) mass is 294 g/mol. The lowest BCUT2D eigenvalue weighted by Crippen LogP contribution is -2.39. The molecular weight excluding hydrogens is 272 g/mol. The van der Waals surface area contributed by atoms with Crippen LogP contribution in [-0.2, 0) is 4.79 Å². The fourth-order valence-electron chi connectivity index (χ4n) is 3.18. The molecule has 1 N–H and O–H groups in total. The minimum Gasteiger partial charge on any atom is -0.352 e. The van der Waals surface area contributed by atoms with Crippen LogP contribution >= 0.6 is 0 Å². The fraction of sp³-hybridized carbons (Fsp3) is 0.368. The summed E-state index contributed by atoms with van der Waals surface area (Å²) in [5, 5.41) is 3.24. The lowest BCUT2D eigenvalue weighted by Gasteiger charge is -2.25. The Hall–Kier alpha value is -2.16. The van der Waals surface area contributed by atoms with Crippen molar-refractivity contribution >= 4 is 5.91 Å². The van der Waals surface area contributed by atoms with Gasteiger partial charge >= 0.3 is 0 Å². The molecule has 1 aromatic heterocycles. The Labute approximate surface area is 131 Å². The summed E-state index contributed by atoms with van der Waals surface area (Å²) in [4.78, 5) is 17.3. The van der Waals surface area contributed by atoms with Gasteiger partial charge in [-0.15, -0.1) is 0 Å². The van der Waals surface area contributed by atoms with E-state index in [-0.39, 0.29) is 11.8 Å². The Morgan fingerprint density at radius 3 is 2.41 bits per heavy atom. The van der Waals surface area contributed by atoms with E-state index in [9.17, 15) is 4.79 Å². The minimum absolute atomic E-state index is 0.0665. The quantitative estimate of drug-likeness (QED) is 0.935. The zero-order chi connectivity index (χ0) is 15.2. The molecule has 1 atom stereocenters. The standard InChI is InChI=1S/C19H22N2O/c22-19(21-16-11-5-2-6-12-16)18(15-9-3-1-4-10-15)17-13-7-8-14-20-17/h1,3-4,7-10,13-14,16,18H,2,5-6,11-12H2,(H,21,22). The highest BCUT2D eigenvalue weighted by atomic mass is 16.2. The van der Waals surface area contributed by atoms with Gasteiger partial charge in [-0.25, -0.2) is 0 Å². The van der Waals surface area contributed by atoms with Crippen molar-refractivity contribution in [2.24, 2.45) is 0 Å². The van der Waals surface area contributed by atoms with Crippen molar-refractivity contribution in [1.29, 1.82) is 0 Å². The number of amides is 1. The van der Waals surface area contributed by atoms with Crippen LogP contribution < -0.4 is 5.32 Å². The number of nitrogens with one attached hydrogen (secondary N) is 1. The molecule has 1 amide bonds. The summed E-state index contributed by atoms with van der Waals surface area (Å²) in [6.45, 7) is 0. The van der Waals surface area contributed by atoms with Crippen LogP contribution in [0.3, 0.4) is 0 Å². The summed E-state index contributed by atoms with van der Waals surface area (Å²) in [6, 6.07) is 16.0. The largest absolute Gasteiger partial charge is 0.352 e. The third kappa shape index (κ3) is 3.53. The van der Waals surface area contributed by atoms with Crippen molar-refractivity contribution in [2.45, 2.75) is 44.1 Å². The number of pyridine rings is 1. The summed E-state index contributed by atoms with van der Waals surface area (Å²) in [5.41, 5.74) is 1.80. The summed E-state index contributed by atoms with van der Waals surface area (Å²) in [5.74, 6) is -0.263.